The topological polar surface area (TPSA) is 12.0 Å². The predicted octanol–water partition coefficient (Wildman–Crippen LogP) is 3.59. The van der Waals surface area contributed by atoms with Crippen molar-refractivity contribution in [2.24, 2.45) is 0 Å². The molecule has 14 heavy (non-hydrogen) atoms. The van der Waals surface area contributed by atoms with Gasteiger partial charge in [-0.1, -0.05) is 36.4 Å². The van der Waals surface area contributed by atoms with Crippen molar-refractivity contribution in [3.05, 3.63) is 60.3 Å². The molecule has 0 aromatic heterocycles. The predicted molar refractivity (Wildman–Crippen MR) is 62.0 cm³/mol. The molecule has 1 aromatic carbocycles. The van der Waals surface area contributed by atoms with Crippen LogP contribution in [0.5, 0.6) is 0 Å². The van der Waals surface area contributed by atoms with E-state index in [0.717, 1.165) is 12.1 Å². The van der Waals surface area contributed by atoms with Crippen LogP contribution >= 0.6 is 0 Å². The first kappa shape index (κ1) is 8.82. The third kappa shape index (κ3) is 1.77. The fourth-order valence-electron chi connectivity index (χ4n) is 1.51. The largest absolute Gasteiger partial charge is 0.358 e. The molecule has 0 unspecified atom stereocenters. The molecule has 0 aliphatic carbocycles. The lowest BCUT2D eigenvalue weighted by Crippen LogP contribution is -1.98. The smallest absolute Gasteiger partial charge is 0.0455 e. The highest BCUT2D eigenvalue weighted by Gasteiger charge is 2.02. The van der Waals surface area contributed by atoms with Crippen molar-refractivity contribution in [1.29, 1.82) is 0 Å². The molecule has 0 atom stereocenters. The normalized spacial score (nSPS) is 13.6. The maximum absolute atomic E-state index is 3.74. The summed E-state index contributed by atoms with van der Waals surface area (Å²) >= 11 is 0. The summed E-state index contributed by atoms with van der Waals surface area (Å²) in [6, 6.07) is 8.27. The van der Waals surface area contributed by atoms with Crippen LogP contribution < -0.4 is 5.32 Å². The summed E-state index contributed by atoms with van der Waals surface area (Å²) in [5.74, 6) is 0. The molecule has 1 aliphatic heterocycles. The molecule has 1 heteroatoms. The standard InChI is InChI=1S/C13H13N/c1-2-6-12-9-5-8-11-7-3-4-10-13(11)14-12/h2-5,7-10,14H,1,6H2. The monoisotopic (exact) mass is 183 g/mol. The van der Waals surface area contributed by atoms with Crippen molar-refractivity contribution in [2.75, 3.05) is 5.32 Å². The number of allylic oxidation sites excluding steroid dienone is 3. The summed E-state index contributed by atoms with van der Waals surface area (Å²) in [5.41, 5.74) is 3.57. The molecule has 1 N–H and O–H groups in total. The number of para-hydroxylation sites is 1. The molecule has 0 saturated carbocycles. The average Bonchev–Trinajstić information content (AvgIpc) is 2.40. The molecule has 0 spiro atoms. The second-order valence-electron chi connectivity index (χ2n) is 3.26. The number of anilines is 1. The Labute approximate surface area is 84.5 Å². The number of hydrogen-bond donors (Lipinski definition) is 1. The first-order valence-electron chi connectivity index (χ1n) is 4.74. The molecule has 1 nitrogen and oxygen atoms in total. The average molecular weight is 183 g/mol. The molecule has 1 aliphatic rings. The zero-order valence-corrected chi connectivity index (χ0v) is 8.03. The van der Waals surface area contributed by atoms with Crippen molar-refractivity contribution in [3.8, 4) is 0 Å². The third-order valence-electron chi connectivity index (χ3n) is 2.19. The summed E-state index contributed by atoms with van der Waals surface area (Å²) in [7, 11) is 0. The Morgan fingerprint density at radius 2 is 2.14 bits per heavy atom. The molecule has 0 bridgehead atoms. The van der Waals surface area contributed by atoms with Crippen LogP contribution in [-0.2, 0) is 0 Å². The van der Waals surface area contributed by atoms with Gasteiger partial charge in [0.25, 0.3) is 0 Å². The van der Waals surface area contributed by atoms with E-state index in [1.54, 1.807) is 0 Å². The SMILES string of the molecule is C=CCC1=CC=Cc2ccccc2N1. The highest BCUT2D eigenvalue weighted by molar-refractivity contribution is 5.71. The van der Waals surface area contributed by atoms with Crippen LogP contribution in [0.2, 0.25) is 0 Å². The van der Waals surface area contributed by atoms with Gasteiger partial charge >= 0.3 is 0 Å². The summed E-state index contributed by atoms with van der Waals surface area (Å²) in [6.07, 6.45) is 9.04. The van der Waals surface area contributed by atoms with Crippen LogP contribution in [0.3, 0.4) is 0 Å². The Bertz CT molecular complexity index is 399. The van der Waals surface area contributed by atoms with E-state index >= 15 is 0 Å². The van der Waals surface area contributed by atoms with Crippen molar-refractivity contribution < 1.29 is 0 Å². The van der Waals surface area contributed by atoms with Gasteiger partial charge in [0.1, 0.15) is 0 Å². The van der Waals surface area contributed by atoms with E-state index in [2.05, 4.69) is 42.3 Å². The molecule has 0 saturated heterocycles. The molecule has 1 aromatic rings. The van der Waals surface area contributed by atoms with Crippen molar-refractivity contribution in [1.82, 2.24) is 0 Å². The van der Waals surface area contributed by atoms with Crippen LogP contribution in [0.1, 0.15) is 12.0 Å². The maximum Gasteiger partial charge on any atom is 0.0455 e. The lowest BCUT2D eigenvalue weighted by atomic mass is 10.2. The van der Waals surface area contributed by atoms with Crippen LogP contribution in [0, 0.1) is 0 Å². The summed E-state index contributed by atoms with van der Waals surface area (Å²) in [5, 5.41) is 3.39. The lowest BCUT2D eigenvalue weighted by molar-refractivity contribution is 1.22. The van der Waals surface area contributed by atoms with E-state index < -0.39 is 0 Å². The van der Waals surface area contributed by atoms with E-state index in [1.807, 2.05) is 18.2 Å². The molecule has 2 rings (SSSR count). The highest BCUT2D eigenvalue weighted by Crippen LogP contribution is 2.22. The Morgan fingerprint density at radius 3 is 3.00 bits per heavy atom. The first-order chi connectivity index (χ1) is 6.90. The third-order valence-corrected chi connectivity index (χ3v) is 2.19. The van der Waals surface area contributed by atoms with Crippen LogP contribution in [0.25, 0.3) is 6.08 Å². The quantitative estimate of drug-likeness (QED) is 0.691. The Balaban J connectivity index is 2.32. The van der Waals surface area contributed by atoms with E-state index in [4.69, 9.17) is 0 Å². The summed E-state index contributed by atoms with van der Waals surface area (Å²) in [6.45, 7) is 3.74. The van der Waals surface area contributed by atoms with Gasteiger partial charge in [-0.3, -0.25) is 0 Å². The fourth-order valence-corrected chi connectivity index (χ4v) is 1.51. The van der Waals surface area contributed by atoms with Crippen LogP contribution in [-0.4, -0.2) is 0 Å². The number of rotatable bonds is 2. The minimum Gasteiger partial charge on any atom is -0.358 e. The van der Waals surface area contributed by atoms with Gasteiger partial charge in [-0.25, -0.2) is 0 Å². The number of benzene rings is 1. The molecule has 0 amide bonds. The van der Waals surface area contributed by atoms with Gasteiger partial charge in [-0.2, -0.15) is 0 Å². The van der Waals surface area contributed by atoms with Crippen molar-refractivity contribution in [3.63, 3.8) is 0 Å². The second kappa shape index (κ2) is 3.97. The first-order valence-corrected chi connectivity index (χ1v) is 4.74. The van der Waals surface area contributed by atoms with Gasteiger partial charge in [0, 0.05) is 17.8 Å². The fraction of sp³-hybridized carbons (Fsp3) is 0.0769. The molecular weight excluding hydrogens is 170 g/mol. The van der Waals surface area contributed by atoms with E-state index in [9.17, 15) is 0 Å². The van der Waals surface area contributed by atoms with Crippen LogP contribution in [0.4, 0.5) is 5.69 Å². The van der Waals surface area contributed by atoms with Gasteiger partial charge < -0.3 is 5.32 Å². The van der Waals surface area contributed by atoms with Gasteiger partial charge in [0.2, 0.25) is 0 Å². The number of nitrogens with one attached hydrogen (secondary N) is 1. The van der Waals surface area contributed by atoms with Crippen molar-refractivity contribution in [2.45, 2.75) is 6.42 Å². The molecule has 1 heterocycles. The second-order valence-corrected chi connectivity index (χ2v) is 3.26. The zero-order chi connectivity index (χ0) is 9.80. The Hall–Kier alpha value is -1.76. The highest BCUT2D eigenvalue weighted by atomic mass is 14.9. The summed E-state index contributed by atoms with van der Waals surface area (Å²) < 4.78 is 0. The molecule has 0 radical (unpaired) electrons. The van der Waals surface area contributed by atoms with E-state index in [1.165, 1.54) is 11.3 Å². The summed E-state index contributed by atoms with van der Waals surface area (Å²) in [4.78, 5) is 0. The van der Waals surface area contributed by atoms with E-state index in [0.29, 0.717) is 0 Å². The van der Waals surface area contributed by atoms with Gasteiger partial charge in [0.15, 0.2) is 0 Å². The molecular formula is C13H13N. The number of fused-ring (bicyclic) bond motifs is 1. The molecule has 0 fully saturated rings. The Kier molecular flexibility index (Phi) is 2.50. The lowest BCUT2D eigenvalue weighted by Gasteiger charge is -2.09. The number of hydrogen-bond acceptors (Lipinski definition) is 1. The maximum atomic E-state index is 3.74. The van der Waals surface area contributed by atoms with E-state index in [-0.39, 0.29) is 0 Å². The van der Waals surface area contributed by atoms with Crippen molar-refractivity contribution >= 4 is 11.8 Å². The van der Waals surface area contributed by atoms with Gasteiger partial charge in [-0.15, -0.1) is 6.58 Å². The molecule has 70 valence electrons. The minimum atomic E-state index is 0.874. The zero-order valence-electron chi connectivity index (χ0n) is 8.03. The Morgan fingerprint density at radius 1 is 1.29 bits per heavy atom. The van der Waals surface area contributed by atoms with Gasteiger partial charge in [0.05, 0.1) is 0 Å². The minimum absolute atomic E-state index is 0.874. The van der Waals surface area contributed by atoms with Gasteiger partial charge in [-0.05, 0) is 17.7 Å². The van der Waals surface area contributed by atoms with Crippen LogP contribution in [0.15, 0.2) is 54.8 Å².